The number of benzene rings is 2. The van der Waals surface area contributed by atoms with E-state index in [0.29, 0.717) is 44.2 Å². The molecule has 39 heavy (non-hydrogen) atoms. The van der Waals surface area contributed by atoms with Crippen molar-refractivity contribution < 1.29 is 41.5 Å². The first kappa shape index (κ1) is 26.4. The fourth-order valence-electron chi connectivity index (χ4n) is 5.48. The first-order valence-electron chi connectivity index (χ1n) is 12.2. The molecule has 0 saturated carbocycles. The van der Waals surface area contributed by atoms with Crippen LogP contribution in [0, 0.1) is 5.82 Å². The second-order valence-corrected chi connectivity index (χ2v) is 9.69. The van der Waals surface area contributed by atoms with Crippen LogP contribution in [0.5, 0.6) is 0 Å². The third-order valence-electron chi connectivity index (χ3n) is 7.41. The Bertz CT molecular complexity index is 1380. The molecule has 1 saturated heterocycles. The number of nitrogens with zero attached hydrogens (tertiary/aromatic N) is 2. The minimum absolute atomic E-state index is 0.0782. The highest BCUT2D eigenvalue weighted by Gasteiger charge is 2.59. The van der Waals surface area contributed by atoms with E-state index in [4.69, 9.17) is 4.74 Å². The Hall–Kier alpha value is -4.16. The monoisotopic (exact) mass is 548 g/mol. The Kier molecular flexibility index (Phi) is 6.47. The van der Waals surface area contributed by atoms with Gasteiger partial charge in [-0.05, 0) is 60.2 Å². The molecule has 1 spiro atoms. The number of aryl methyl sites for hydroxylation is 2. The lowest BCUT2D eigenvalue weighted by molar-refractivity contribution is -0.192. The minimum Gasteiger partial charge on any atom is -0.427 e. The summed E-state index contributed by atoms with van der Waals surface area (Å²) in [6.45, 7) is -1.39. The van der Waals surface area contributed by atoms with Gasteiger partial charge in [0.1, 0.15) is 18.4 Å². The van der Waals surface area contributed by atoms with Gasteiger partial charge >= 0.3 is 18.3 Å². The second-order valence-electron chi connectivity index (χ2n) is 9.69. The summed E-state index contributed by atoms with van der Waals surface area (Å²) in [5.41, 5.74) is 0.499. The summed E-state index contributed by atoms with van der Waals surface area (Å²) >= 11 is 0. The number of hydrogen-bond donors (Lipinski definition) is 2. The molecule has 5 rings (SSSR count). The van der Waals surface area contributed by atoms with Crippen molar-refractivity contribution in [2.24, 2.45) is 0 Å². The van der Waals surface area contributed by atoms with Gasteiger partial charge in [-0.1, -0.05) is 12.1 Å². The number of rotatable bonds is 3. The predicted octanol–water partition coefficient (Wildman–Crippen LogP) is 3.60. The summed E-state index contributed by atoms with van der Waals surface area (Å²) in [4.78, 5) is 52.3. The minimum atomic E-state index is -4.78. The maximum Gasteiger partial charge on any atom is 0.418 e. The molecule has 2 N–H and O–H groups in total. The predicted molar refractivity (Wildman–Crippen MR) is 128 cm³/mol. The summed E-state index contributed by atoms with van der Waals surface area (Å²) in [7, 11) is 1.45. The van der Waals surface area contributed by atoms with Gasteiger partial charge in [0.2, 0.25) is 11.5 Å². The van der Waals surface area contributed by atoms with E-state index in [1.807, 2.05) is 0 Å². The average Bonchev–Trinajstić information content (AvgIpc) is 3.25. The second kappa shape index (κ2) is 9.54. The van der Waals surface area contributed by atoms with Crippen LogP contribution in [0.15, 0.2) is 36.4 Å². The summed E-state index contributed by atoms with van der Waals surface area (Å²) in [5, 5.41) is 5.02. The van der Waals surface area contributed by atoms with E-state index in [1.165, 1.54) is 25.2 Å². The van der Waals surface area contributed by atoms with Crippen molar-refractivity contribution in [3.8, 4) is 0 Å². The molecule has 0 radical (unpaired) electrons. The van der Waals surface area contributed by atoms with Crippen molar-refractivity contribution in [1.29, 1.82) is 0 Å². The summed E-state index contributed by atoms with van der Waals surface area (Å²) < 4.78 is 61.1. The highest BCUT2D eigenvalue weighted by Crippen LogP contribution is 2.46. The van der Waals surface area contributed by atoms with Crippen LogP contribution in [-0.2, 0) is 39.3 Å². The van der Waals surface area contributed by atoms with E-state index < -0.39 is 67.1 Å². The molecule has 1 aliphatic carbocycles. The van der Waals surface area contributed by atoms with Crippen LogP contribution in [0.4, 0.5) is 32.8 Å². The highest BCUT2D eigenvalue weighted by molar-refractivity contribution is 6.06. The van der Waals surface area contributed by atoms with Crippen LogP contribution in [0.1, 0.15) is 35.1 Å². The molecule has 1 fully saturated rings. The van der Waals surface area contributed by atoms with Crippen molar-refractivity contribution in [2.45, 2.75) is 50.0 Å². The first-order valence-corrected chi connectivity index (χ1v) is 12.2. The molecule has 2 atom stereocenters. The Morgan fingerprint density at radius 2 is 1.85 bits per heavy atom. The van der Waals surface area contributed by atoms with Gasteiger partial charge in [-0.25, -0.2) is 18.9 Å². The molecule has 5 amide bonds. The van der Waals surface area contributed by atoms with Crippen LogP contribution in [0.2, 0.25) is 0 Å². The van der Waals surface area contributed by atoms with E-state index in [2.05, 4.69) is 10.6 Å². The number of imide groups is 1. The first-order chi connectivity index (χ1) is 18.4. The number of ether oxygens (including phenoxy) is 1. The molecule has 9 nitrogen and oxygen atoms in total. The van der Waals surface area contributed by atoms with Crippen LogP contribution < -0.4 is 10.6 Å². The molecular weight excluding hydrogens is 524 g/mol. The van der Waals surface area contributed by atoms with Crippen molar-refractivity contribution in [1.82, 2.24) is 15.1 Å². The zero-order valence-corrected chi connectivity index (χ0v) is 20.7. The summed E-state index contributed by atoms with van der Waals surface area (Å²) in [6.07, 6.45) is -6.09. The van der Waals surface area contributed by atoms with Gasteiger partial charge in [-0.3, -0.25) is 9.59 Å². The molecule has 206 valence electrons. The van der Waals surface area contributed by atoms with Gasteiger partial charge in [-0.15, -0.1) is 0 Å². The van der Waals surface area contributed by atoms with Gasteiger partial charge in [0.25, 0.3) is 5.91 Å². The van der Waals surface area contributed by atoms with Gasteiger partial charge in [0.05, 0.1) is 0 Å². The van der Waals surface area contributed by atoms with Crippen molar-refractivity contribution in [3.05, 3.63) is 64.5 Å². The number of hydrogen-bond acceptors (Lipinski definition) is 5. The number of fused-ring (bicyclic) bond motifs is 3. The lowest BCUT2D eigenvalue weighted by atomic mass is 9.94. The standard InChI is InChI=1S/C26H24F4N4O5/c1-31-23(37)32-18-5-6-19-15(11-18)8-9-25(19)22(36)34(24(38)39-25)13-21(35)33-12-16-2-4-17(27)10-14(16)3-7-20(33)26(28,29)30/h2,4-6,10-11,20H,3,7-9,12-13H2,1H3,(H2,31,32,37)/t20-,25-/m1/s1. The van der Waals surface area contributed by atoms with Crippen molar-refractivity contribution in [2.75, 3.05) is 18.9 Å². The number of amides is 5. The van der Waals surface area contributed by atoms with Gasteiger partial charge in [0, 0.05) is 31.3 Å². The van der Waals surface area contributed by atoms with Crippen LogP contribution >= 0.6 is 0 Å². The van der Waals surface area contributed by atoms with Crippen molar-refractivity contribution >= 4 is 29.6 Å². The van der Waals surface area contributed by atoms with Crippen LogP contribution in [-0.4, -0.2) is 59.5 Å². The SMILES string of the molecule is CNC(=O)Nc1ccc2c(c1)CC[C@@]21OC(=O)N(CC(=O)N2Cc3ccc(F)cc3CC[C@@H]2C(F)(F)F)C1=O. The molecular formula is C26H24F4N4O5. The summed E-state index contributed by atoms with van der Waals surface area (Å²) in [5.74, 6) is -2.52. The molecule has 0 unspecified atom stereocenters. The van der Waals surface area contributed by atoms with Crippen LogP contribution in [0.3, 0.4) is 0 Å². The zero-order chi connectivity index (χ0) is 28.1. The van der Waals surface area contributed by atoms with Gasteiger partial charge in [0.15, 0.2) is 0 Å². The number of alkyl halides is 3. The molecule has 2 heterocycles. The van der Waals surface area contributed by atoms with Gasteiger partial charge in [-0.2, -0.15) is 13.2 Å². The van der Waals surface area contributed by atoms with E-state index in [0.717, 1.165) is 12.1 Å². The van der Waals surface area contributed by atoms with Gasteiger partial charge < -0.3 is 20.3 Å². The number of carbonyl (C=O) groups is 4. The fourth-order valence-corrected chi connectivity index (χ4v) is 5.48. The van der Waals surface area contributed by atoms with E-state index in [-0.39, 0.29) is 12.8 Å². The Labute approximate surface area is 220 Å². The highest BCUT2D eigenvalue weighted by atomic mass is 19.4. The topological polar surface area (TPSA) is 108 Å². The van der Waals surface area contributed by atoms with Crippen LogP contribution in [0.25, 0.3) is 0 Å². The smallest absolute Gasteiger partial charge is 0.418 e. The largest absolute Gasteiger partial charge is 0.427 e. The molecule has 13 heteroatoms. The van der Waals surface area contributed by atoms with E-state index >= 15 is 0 Å². The molecule has 0 bridgehead atoms. The molecule has 0 aromatic heterocycles. The fraction of sp³-hybridized carbons (Fsp3) is 0.385. The Morgan fingerprint density at radius 3 is 2.56 bits per heavy atom. The summed E-state index contributed by atoms with van der Waals surface area (Å²) in [6, 6.07) is 5.66. The molecule has 3 aliphatic rings. The number of urea groups is 1. The third-order valence-corrected chi connectivity index (χ3v) is 7.41. The quantitative estimate of drug-likeness (QED) is 0.570. The lowest BCUT2D eigenvalue weighted by Crippen LogP contribution is -2.52. The number of carbonyl (C=O) groups excluding carboxylic acids is 4. The maximum atomic E-state index is 14.0. The van der Waals surface area contributed by atoms with E-state index in [9.17, 15) is 36.7 Å². The zero-order valence-electron chi connectivity index (χ0n) is 20.7. The lowest BCUT2D eigenvalue weighted by Gasteiger charge is -2.32. The number of nitrogens with one attached hydrogen (secondary N) is 2. The number of anilines is 1. The van der Waals surface area contributed by atoms with Crippen molar-refractivity contribution in [3.63, 3.8) is 0 Å². The average molecular weight is 548 g/mol. The molecule has 2 aromatic carbocycles. The normalized spacial score (nSPS) is 22.3. The Morgan fingerprint density at radius 1 is 1.08 bits per heavy atom. The third kappa shape index (κ3) is 4.66. The molecule has 2 aliphatic heterocycles. The maximum absolute atomic E-state index is 14.0. The van der Waals surface area contributed by atoms with E-state index in [1.54, 1.807) is 6.07 Å². The molecule has 2 aromatic rings. The number of halogens is 4. The Balaban J connectivity index is 1.39.